The number of hydrogen-bond acceptors (Lipinski definition) is 3. The van der Waals surface area contributed by atoms with Gasteiger partial charge in [0.15, 0.2) is 0 Å². The predicted octanol–water partition coefficient (Wildman–Crippen LogP) is 3.17. The zero-order valence-corrected chi connectivity index (χ0v) is 11.6. The fourth-order valence-electron chi connectivity index (χ4n) is 1.76. The van der Waals surface area contributed by atoms with Crippen molar-refractivity contribution in [2.45, 2.75) is 13.5 Å². The third-order valence-corrected chi connectivity index (χ3v) is 3.01. The molecule has 3 nitrogen and oxygen atoms in total. The Morgan fingerprint density at radius 1 is 1.11 bits per heavy atom. The van der Waals surface area contributed by atoms with Crippen molar-refractivity contribution in [2.24, 2.45) is 0 Å². The summed E-state index contributed by atoms with van der Waals surface area (Å²) in [5.74, 6) is 0.745. The molecular weight excluding hydrogens is 246 g/mol. The fraction of sp³-hybridized carbons (Fsp3) is 0.286. The Kier molecular flexibility index (Phi) is 3.94. The minimum atomic E-state index is 0.528. The van der Waals surface area contributed by atoms with Gasteiger partial charge in [-0.2, -0.15) is 0 Å². The van der Waals surface area contributed by atoms with Crippen LogP contribution in [0.4, 0.5) is 0 Å². The molecule has 0 saturated carbocycles. The first-order valence-corrected chi connectivity index (χ1v) is 6.19. The molecule has 0 unspecified atom stereocenters. The highest BCUT2D eigenvalue weighted by Crippen LogP contribution is 2.25. The number of rotatable bonds is 3. The van der Waals surface area contributed by atoms with Gasteiger partial charge in [-0.15, -0.1) is 0 Å². The Hall–Kier alpha value is -1.45. The molecular formula is C14H16ClN3. The van der Waals surface area contributed by atoms with E-state index >= 15 is 0 Å². The summed E-state index contributed by atoms with van der Waals surface area (Å²) in [6.45, 7) is 2.63. The van der Waals surface area contributed by atoms with Crippen LogP contribution in [0.25, 0.3) is 11.3 Å². The summed E-state index contributed by atoms with van der Waals surface area (Å²) >= 11 is 6.18. The molecule has 0 bridgehead atoms. The molecule has 18 heavy (non-hydrogen) atoms. The lowest BCUT2D eigenvalue weighted by atomic mass is 10.1. The highest BCUT2D eigenvalue weighted by Gasteiger charge is 2.11. The summed E-state index contributed by atoms with van der Waals surface area (Å²) in [5.41, 5.74) is 2.90. The van der Waals surface area contributed by atoms with E-state index in [4.69, 9.17) is 11.6 Å². The maximum absolute atomic E-state index is 6.18. The first-order chi connectivity index (χ1) is 8.58. The van der Waals surface area contributed by atoms with Crippen molar-refractivity contribution in [1.82, 2.24) is 14.9 Å². The minimum absolute atomic E-state index is 0.528. The molecule has 2 aromatic rings. The summed E-state index contributed by atoms with van der Waals surface area (Å²) in [7, 11) is 3.97. The first-order valence-electron chi connectivity index (χ1n) is 5.81. The maximum atomic E-state index is 6.18. The number of hydrogen-bond donors (Lipinski definition) is 0. The third-order valence-electron chi connectivity index (χ3n) is 2.64. The van der Waals surface area contributed by atoms with Crippen molar-refractivity contribution in [1.29, 1.82) is 0 Å². The van der Waals surface area contributed by atoms with E-state index in [0.717, 1.165) is 22.6 Å². The second-order valence-electron chi connectivity index (χ2n) is 4.51. The largest absolute Gasteiger partial charge is 0.302 e. The monoisotopic (exact) mass is 261 g/mol. The van der Waals surface area contributed by atoms with E-state index in [-0.39, 0.29) is 0 Å². The van der Waals surface area contributed by atoms with Gasteiger partial charge in [0.2, 0.25) is 0 Å². The second kappa shape index (κ2) is 5.46. The van der Waals surface area contributed by atoms with E-state index in [1.807, 2.05) is 56.3 Å². The summed E-state index contributed by atoms with van der Waals surface area (Å²) in [4.78, 5) is 10.9. The van der Waals surface area contributed by atoms with Crippen molar-refractivity contribution in [2.75, 3.05) is 14.1 Å². The van der Waals surface area contributed by atoms with E-state index in [1.54, 1.807) is 0 Å². The van der Waals surface area contributed by atoms with Crippen LogP contribution in [0.2, 0.25) is 5.15 Å². The molecule has 0 aliphatic rings. The van der Waals surface area contributed by atoms with E-state index in [2.05, 4.69) is 9.97 Å². The molecule has 4 heteroatoms. The average molecular weight is 262 g/mol. The Morgan fingerprint density at radius 2 is 1.78 bits per heavy atom. The predicted molar refractivity (Wildman–Crippen MR) is 74.6 cm³/mol. The van der Waals surface area contributed by atoms with E-state index in [0.29, 0.717) is 11.7 Å². The van der Waals surface area contributed by atoms with Gasteiger partial charge in [-0.05, 0) is 21.0 Å². The van der Waals surface area contributed by atoms with Gasteiger partial charge < -0.3 is 4.90 Å². The van der Waals surface area contributed by atoms with Gasteiger partial charge in [0.25, 0.3) is 0 Å². The number of nitrogens with zero attached hydrogens (tertiary/aromatic N) is 3. The topological polar surface area (TPSA) is 29.0 Å². The highest BCUT2D eigenvalue weighted by molar-refractivity contribution is 6.30. The van der Waals surface area contributed by atoms with E-state index in [1.165, 1.54) is 0 Å². The Balaban J connectivity index is 2.49. The molecule has 1 heterocycles. The molecule has 0 radical (unpaired) electrons. The zero-order valence-electron chi connectivity index (χ0n) is 10.8. The van der Waals surface area contributed by atoms with Gasteiger partial charge in [0.1, 0.15) is 11.0 Å². The van der Waals surface area contributed by atoms with E-state index in [9.17, 15) is 0 Å². The summed E-state index contributed by atoms with van der Waals surface area (Å²) < 4.78 is 0. The molecule has 0 aliphatic heterocycles. The van der Waals surface area contributed by atoms with Gasteiger partial charge >= 0.3 is 0 Å². The fourth-order valence-corrected chi connectivity index (χ4v) is 1.95. The van der Waals surface area contributed by atoms with Crippen molar-refractivity contribution in [3.63, 3.8) is 0 Å². The Bertz CT molecular complexity index is 538. The number of benzene rings is 1. The van der Waals surface area contributed by atoms with Gasteiger partial charge in [0.05, 0.1) is 12.2 Å². The smallest absolute Gasteiger partial charge is 0.144 e. The van der Waals surface area contributed by atoms with Gasteiger partial charge in [-0.1, -0.05) is 41.9 Å². The molecule has 0 atom stereocenters. The lowest BCUT2D eigenvalue weighted by Crippen LogP contribution is -2.14. The number of aromatic nitrogens is 2. The van der Waals surface area contributed by atoms with Crippen LogP contribution in [0.1, 0.15) is 11.4 Å². The molecule has 0 N–H and O–H groups in total. The molecule has 1 aromatic carbocycles. The zero-order chi connectivity index (χ0) is 13.1. The second-order valence-corrected chi connectivity index (χ2v) is 4.87. The standard InChI is InChI=1S/C14H16ClN3/c1-10-13(11-7-5-4-6-8-11)16-12(9-18(2)3)17-14(10)15/h4-8H,9H2,1-3H3. The third kappa shape index (κ3) is 2.86. The Labute approximate surface area is 112 Å². The van der Waals surface area contributed by atoms with Gasteiger partial charge in [-0.25, -0.2) is 9.97 Å². The lowest BCUT2D eigenvalue weighted by Gasteiger charge is -2.12. The van der Waals surface area contributed by atoms with Crippen LogP contribution in [0, 0.1) is 6.92 Å². The molecule has 0 saturated heterocycles. The normalized spacial score (nSPS) is 10.9. The highest BCUT2D eigenvalue weighted by atomic mass is 35.5. The van der Waals surface area contributed by atoms with E-state index < -0.39 is 0 Å². The van der Waals surface area contributed by atoms with Crippen LogP contribution < -0.4 is 0 Å². The summed E-state index contributed by atoms with van der Waals surface area (Å²) in [5, 5.41) is 0.528. The van der Waals surface area contributed by atoms with Crippen LogP contribution >= 0.6 is 11.6 Å². The lowest BCUT2D eigenvalue weighted by molar-refractivity contribution is 0.390. The van der Waals surface area contributed by atoms with Gasteiger partial charge in [0, 0.05) is 11.1 Å². The van der Waals surface area contributed by atoms with Crippen molar-refractivity contribution in [3.05, 3.63) is 46.9 Å². The number of halogens is 1. The van der Waals surface area contributed by atoms with Crippen molar-refractivity contribution < 1.29 is 0 Å². The molecule has 2 rings (SSSR count). The van der Waals surface area contributed by atoms with Crippen LogP contribution in [0.5, 0.6) is 0 Å². The first kappa shape index (κ1) is 13.0. The maximum Gasteiger partial charge on any atom is 0.144 e. The Morgan fingerprint density at radius 3 is 2.39 bits per heavy atom. The van der Waals surface area contributed by atoms with Crippen molar-refractivity contribution in [3.8, 4) is 11.3 Å². The van der Waals surface area contributed by atoms with Crippen LogP contribution in [-0.2, 0) is 6.54 Å². The summed E-state index contributed by atoms with van der Waals surface area (Å²) in [6, 6.07) is 10.0. The minimum Gasteiger partial charge on any atom is -0.302 e. The molecule has 0 amide bonds. The SMILES string of the molecule is Cc1c(Cl)nc(CN(C)C)nc1-c1ccccc1. The quantitative estimate of drug-likeness (QED) is 0.795. The summed E-state index contributed by atoms with van der Waals surface area (Å²) in [6.07, 6.45) is 0. The van der Waals surface area contributed by atoms with Crippen LogP contribution in [0.15, 0.2) is 30.3 Å². The molecule has 0 spiro atoms. The molecule has 94 valence electrons. The van der Waals surface area contributed by atoms with Crippen molar-refractivity contribution >= 4 is 11.6 Å². The van der Waals surface area contributed by atoms with Gasteiger partial charge in [-0.3, -0.25) is 0 Å². The molecule has 0 fully saturated rings. The molecule has 0 aliphatic carbocycles. The molecule has 1 aromatic heterocycles. The average Bonchev–Trinajstić information content (AvgIpc) is 2.34. The van der Waals surface area contributed by atoms with Crippen LogP contribution in [-0.4, -0.2) is 29.0 Å². The van der Waals surface area contributed by atoms with Crippen LogP contribution in [0.3, 0.4) is 0 Å².